The lowest BCUT2D eigenvalue weighted by Gasteiger charge is -2.21. The van der Waals surface area contributed by atoms with Crippen molar-refractivity contribution in [3.63, 3.8) is 0 Å². The minimum Gasteiger partial charge on any atom is -0.388 e. The second kappa shape index (κ2) is 4.03. The molecular weight excluding hydrogens is 190 g/mol. The third-order valence-electron chi connectivity index (χ3n) is 2.87. The van der Waals surface area contributed by atoms with Crippen molar-refractivity contribution in [2.45, 2.75) is 31.8 Å². The Balaban J connectivity index is 2.29. The Hall–Kier alpha value is -1.35. The first kappa shape index (κ1) is 10.2. The molecule has 0 bridgehead atoms. The largest absolute Gasteiger partial charge is 0.388 e. The number of fused-ring (bicyclic) bond motifs is 1. The molecule has 15 heavy (non-hydrogen) atoms. The highest BCUT2D eigenvalue weighted by molar-refractivity contribution is 5.76. The number of hydrogen-bond donors (Lipinski definition) is 2. The van der Waals surface area contributed by atoms with E-state index in [0.29, 0.717) is 0 Å². The topological polar surface area (TPSA) is 63.3 Å². The highest BCUT2D eigenvalue weighted by Gasteiger charge is 2.17. The molecule has 1 aromatic carbocycles. The monoisotopic (exact) mass is 205 g/mol. The standard InChI is InChI=1S/C12H15NO2/c13-12(15)7-8-4-5-10-9(6-8)2-1-3-11(10)14/h4-6,11,14H,1-3,7H2,(H2,13,15). The molecule has 80 valence electrons. The highest BCUT2D eigenvalue weighted by atomic mass is 16.3. The van der Waals surface area contributed by atoms with Crippen LogP contribution in [0.2, 0.25) is 0 Å². The van der Waals surface area contributed by atoms with Crippen LogP contribution in [0.4, 0.5) is 0 Å². The molecule has 1 aliphatic rings. The molecule has 1 amide bonds. The average Bonchev–Trinajstić information content (AvgIpc) is 2.17. The van der Waals surface area contributed by atoms with E-state index in [4.69, 9.17) is 5.73 Å². The van der Waals surface area contributed by atoms with Crippen molar-refractivity contribution >= 4 is 5.91 Å². The lowest BCUT2D eigenvalue weighted by molar-refractivity contribution is -0.117. The number of carbonyl (C=O) groups excluding carboxylic acids is 1. The Morgan fingerprint density at radius 3 is 3.07 bits per heavy atom. The zero-order valence-corrected chi connectivity index (χ0v) is 8.57. The number of aliphatic hydroxyl groups is 1. The molecule has 0 heterocycles. The Kier molecular flexibility index (Phi) is 2.73. The van der Waals surface area contributed by atoms with E-state index in [1.807, 2.05) is 18.2 Å². The lowest BCUT2D eigenvalue weighted by Crippen LogP contribution is -2.15. The van der Waals surface area contributed by atoms with Crippen LogP contribution in [0.5, 0.6) is 0 Å². The number of primary amides is 1. The minimum atomic E-state index is -0.337. The van der Waals surface area contributed by atoms with Gasteiger partial charge in [-0.15, -0.1) is 0 Å². The maximum atomic E-state index is 10.8. The van der Waals surface area contributed by atoms with Gasteiger partial charge in [0.1, 0.15) is 0 Å². The van der Waals surface area contributed by atoms with Gasteiger partial charge < -0.3 is 10.8 Å². The van der Waals surface area contributed by atoms with Crippen LogP contribution in [0.25, 0.3) is 0 Å². The predicted molar refractivity (Wildman–Crippen MR) is 57.2 cm³/mol. The van der Waals surface area contributed by atoms with E-state index < -0.39 is 0 Å². The summed E-state index contributed by atoms with van der Waals surface area (Å²) in [7, 11) is 0. The van der Waals surface area contributed by atoms with Gasteiger partial charge in [-0.3, -0.25) is 4.79 Å². The smallest absolute Gasteiger partial charge is 0.221 e. The Morgan fingerprint density at radius 1 is 1.53 bits per heavy atom. The molecule has 0 aromatic heterocycles. The first-order valence-electron chi connectivity index (χ1n) is 5.25. The third-order valence-corrected chi connectivity index (χ3v) is 2.87. The minimum absolute atomic E-state index is 0.281. The van der Waals surface area contributed by atoms with E-state index in [0.717, 1.165) is 36.0 Å². The van der Waals surface area contributed by atoms with Crippen LogP contribution in [0, 0.1) is 0 Å². The molecule has 3 heteroatoms. The van der Waals surface area contributed by atoms with Crippen LogP contribution in [0.15, 0.2) is 18.2 Å². The van der Waals surface area contributed by atoms with Crippen LogP contribution in [0.3, 0.4) is 0 Å². The summed E-state index contributed by atoms with van der Waals surface area (Å²) in [4.78, 5) is 10.8. The zero-order chi connectivity index (χ0) is 10.8. The number of nitrogens with two attached hydrogens (primary N) is 1. The molecule has 0 radical (unpaired) electrons. The van der Waals surface area contributed by atoms with Gasteiger partial charge in [0, 0.05) is 0 Å². The summed E-state index contributed by atoms with van der Waals surface area (Å²) >= 11 is 0. The van der Waals surface area contributed by atoms with Crippen molar-refractivity contribution in [3.8, 4) is 0 Å². The molecule has 3 N–H and O–H groups in total. The molecule has 1 aromatic rings. The third kappa shape index (κ3) is 2.18. The van der Waals surface area contributed by atoms with E-state index in [1.54, 1.807) is 0 Å². The van der Waals surface area contributed by atoms with Crippen LogP contribution < -0.4 is 5.73 Å². The first-order chi connectivity index (χ1) is 7.16. The summed E-state index contributed by atoms with van der Waals surface area (Å²) in [6, 6.07) is 5.78. The molecule has 3 nitrogen and oxygen atoms in total. The molecule has 1 unspecified atom stereocenters. The normalized spacial score (nSPS) is 19.7. The Morgan fingerprint density at radius 2 is 2.33 bits per heavy atom. The van der Waals surface area contributed by atoms with Gasteiger partial charge in [-0.25, -0.2) is 0 Å². The summed E-state index contributed by atoms with van der Waals surface area (Å²) in [5.41, 5.74) is 8.25. The van der Waals surface area contributed by atoms with Gasteiger partial charge in [0.2, 0.25) is 5.91 Å². The van der Waals surface area contributed by atoms with Crippen molar-refractivity contribution in [2.75, 3.05) is 0 Å². The molecule has 0 fully saturated rings. The van der Waals surface area contributed by atoms with Gasteiger partial charge >= 0.3 is 0 Å². The Bertz CT molecular complexity index is 387. The summed E-state index contributed by atoms with van der Waals surface area (Å²) in [5.74, 6) is -0.314. The van der Waals surface area contributed by atoms with Crippen LogP contribution in [0.1, 0.15) is 35.6 Å². The summed E-state index contributed by atoms with van der Waals surface area (Å²) in [5, 5.41) is 9.74. The SMILES string of the molecule is NC(=O)Cc1ccc2c(c1)CCCC2O. The molecule has 0 aliphatic heterocycles. The van der Waals surface area contributed by atoms with Crippen LogP contribution in [-0.2, 0) is 17.6 Å². The van der Waals surface area contributed by atoms with E-state index in [-0.39, 0.29) is 18.4 Å². The predicted octanol–water partition coefficient (Wildman–Crippen LogP) is 1.08. The second-order valence-electron chi connectivity index (χ2n) is 4.08. The van der Waals surface area contributed by atoms with E-state index in [2.05, 4.69) is 0 Å². The fraction of sp³-hybridized carbons (Fsp3) is 0.417. The summed E-state index contributed by atoms with van der Waals surface area (Å²) in [6.07, 6.45) is 2.77. The van der Waals surface area contributed by atoms with Crippen molar-refractivity contribution in [2.24, 2.45) is 5.73 Å². The van der Waals surface area contributed by atoms with Gasteiger partial charge in [-0.05, 0) is 36.0 Å². The van der Waals surface area contributed by atoms with E-state index in [1.165, 1.54) is 0 Å². The van der Waals surface area contributed by atoms with Crippen molar-refractivity contribution in [1.29, 1.82) is 0 Å². The number of benzene rings is 1. The Labute approximate surface area is 88.9 Å². The maximum absolute atomic E-state index is 10.8. The van der Waals surface area contributed by atoms with Gasteiger partial charge in [0.25, 0.3) is 0 Å². The molecular formula is C12H15NO2. The van der Waals surface area contributed by atoms with Crippen molar-refractivity contribution in [1.82, 2.24) is 0 Å². The summed E-state index contributed by atoms with van der Waals surface area (Å²) < 4.78 is 0. The molecule has 1 atom stereocenters. The van der Waals surface area contributed by atoms with Gasteiger partial charge in [0.05, 0.1) is 12.5 Å². The summed E-state index contributed by atoms with van der Waals surface area (Å²) in [6.45, 7) is 0. The van der Waals surface area contributed by atoms with Crippen LogP contribution in [-0.4, -0.2) is 11.0 Å². The number of aliphatic hydroxyl groups excluding tert-OH is 1. The first-order valence-corrected chi connectivity index (χ1v) is 5.25. The van der Waals surface area contributed by atoms with Gasteiger partial charge in [-0.1, -0.05) is 18.2 Å². The molecule has 0 saturated carbocycles. The molecule has 1 aliphatic carbocycles. The molecule has 0 saturated heterocycles. The highest BCUT2D eigenvalue weighted by Crippen LogP contribution is 2.30. The van der Waals surface area contributed by atoms with Crippen LogP contribution >= 0.6 is 0 Å². The average molecular weight is 205 g/mol. The molecule has 0 spiro atoms. The number of carbonyl (C=O) groups is 1. The quantitative estimate of drug-likeness (QED) is 0.759. The van der Waals surface area contributed by atoms with Crippen molar-refractivity contribution in [3.05, 3.63) is 34.9 Å². The van der Waals surface area contributed by atoms with E-state index >= 15 is 0 Å². The lowest BCUT2D eigenvalue weighted by atomic mass is 9.88. The van der Waals surface area contributed by atoms with Crippen molar-refractivity contribution < 1.29 is 9.90 Å². The maximum Gasteiger partial charge on any atom is 0.221 e. The fourth-order valence-electron chi connectivity index (χ4n) is 2.15. The number of rotatable bonds is 2. The number of amides is 1. The zero-order valence-electron chi connectivity index (χ0n) is 8.57. The van der Waals surface area contributed by atoms with Gasteiger partial charge in [-0.2, -0.15) is 0 Å². The number of aryl methyl sites for hydroxylation is 1. The molecule has 2 rings (SSSR count). The van der Waals surface area contributed by atoms with Gasteiger partial charge in [0.15, 0.2) is 0 Å². The fourth-order valence-corrected chi connectivity index (χ4v) is 2.15. The van der Waals surface area contributed by atoms with E-state index in [9.17, 15) is 9.90 Å². The second-order valence-corrected chi connectivity index (χ2v) is 4.08. The number of hydrogen-bond acceptors (Lipinski definition) is 2.